The number of anilines is 1. The van der Waals surface area contributed by atoms with E-state index in [0.29, 0.717) is 39.4 Å². The van der Waals surface area contributed by atoms with Crippen molar-refractivity contribution in [2.75, 3.05) is 32.6 Å². The van der Waals surface area contributed by atoms with E-state index in [2.05, 4.69) is 10.0 Å². The molecule has 2 heterocycles. The molecular weight excluding hydrogens is 681 g/mol. The van der Waals surface area contributed by atoms with E-state index in [0.717, 1.165) is 21.7 Å². The number of likely N-dealkylation sites (N-methyl/N-ethyl adjacent to an activating group) is 1. The minimum Gasteiger partial charge on any atom is -0.491 e. The Hall–Kier alpha value is -6.46. The van der Waals surface area contributed by atoms with Crippen molar-refractivity contribution in [2.45, 2.75) is 4.90 Å². The van der Waals surface area contributed by atoms with Crippen LogP contribution in [0.2, 0.25) is 0 Å². The molecular formula is C41H34N2O8S. The molecule has 0 fully saturated rings. The molecule has 0 radical (unpaired) electrons. The Morgan fingerprint density at radius 2 is 1.15 bits per heavy atom. The van der Waals surface area contributed by atoms with Crippen molar-refractivity contribution in [1.29, 1.82) is 0 Å². The third-order valence-corrected chi connectivity index (χ3v) is 8.68. The Kier molecular flexibility index (Phi) is 11.2. The van der Waals surface area contributed by atoms with Crippen LogP contribution in [0.5, 0.6) is 17.2 Å². The highest BCUT2D eigenvalue weighted by Gasteiger charge is 2.18. The number of fused-ring (bicyclic) bond motifs is 2. The van der Waals surface area contributed by atoms with Crippen molar-refractivity contribution in [3.63, 3.8) is 0 Å². The number of benzene rings is 5. The highest BCUT2D eigenvalue weighted by molar-refractivity contribution is 8.00. The number of ether oxygens (including phenoxy) is 3. The zero-order valence-electron chi connectivity index (χ0n) is 28.5. The van der Waals surface area contributed by atoms with E-state index in [1.165, 1.54) is 38.2 Å². The van der Waals surface area contributed by atoms with Gasteiger partial charge in [0.15, 0.2) is 40.1 Å². The van der Waals surface area contributed by atoms with Gasteiger partial charge >= 0.3 is 0 Å². The summed E-state index contributed by atoms with van der Waals surface area (Å²) in [6.45, 7) is -0.166. The van der Waals surface area contributed by atoms with Crippen LogP contribution in [0.4, 0.5) is 5.69 Å². The van der Waals surface area contributed by atoms with Crippen molar-refractivity contribution in [3.8, 4) is 39.9 Å². The van der Waals surface area contributed by atoms with Gasteiger partial charge in [-0.3, -0.25) is 14.4 Å². The number of rotatable bonds is 10. The van der Waals surface area contributed by atoms with Gasteiger partial charge in [0.2, 0.25) is 5.75 Å². The first kappa shape index (κ1) is 35.4. The molecule has 10 nitrogen and oxygen atoms in total. The highest BCUT2D eigenvalue weighted by Crippen LogP contribution is 2.38. The number of carbonyl (C=O) groups is 1. The lowest BCUT2D eigenvalue weighted by Crippen LogP contribution is -2.24. The van der Waals surface area contributed by atoms with Gasteiger partial charge < -0.3 is 33.1 Å². The smallest absolute Gasteiger partial charge is 0.257 e. The first-order chi connectivity index (χ1) is 25.4. The summed E-state index contributed by atoms with van der Waals surface area (Å²) in [4.78, 5) is 37.5. The van der Waals surface area contributed by atoms with E-state index in [1.54, 1.807) is 25.3 Å². The van der Waals surface area contributed by atoms with Gasteiger partial charge in [0.05, 0.1) is 30.7 Å². The molecule has 11 heteroatoms. The zero-order chi connectivity index (χ0) is 36.5. The fourth-order valence-electron chi connectivity index (χ4n) is 5.27. The maximum atomic E-state index is 12.6. The van der Waals surface area contributed by atoms with Gasteiger partial charge in [-0.05, 0) is 48.3 Å². The molecule has 7 rings (SSSR count). The van der Waals surface area contributed by atoms with Gasteiger partial charge in [-0.1, -0.05) is 78.9 Å². The van der Waals surface area contributed by atoms with Gasteiger partial charge in [0, 0.05) is 35.2 Å². The van der Waals surface area contributed by atoms with E-state index >= 15 is 0 Å². The SMILES string of the molecule is CNC(=O)COc1ccc2c(=O)cc(-c3ccccc3)oc2c1OC.COc1c(NSc2ccccc2)ccc2c(=O)cc(-c3ccccc3)oc12. The Morgan fingerprint density at radius 3 is 1.67 bits per heavy atom. The van der Waals surface area contributed by atoms with Crippen molar-refractivity contribution in [2.24, 2.45) is 0 Å². The van der Waals surface area contributed by atoms with Gasteiger partial charge in [-0.15, -0.1) is 0 Å². The van der Waals surface area contributed by atoms with Crippen molar-refractivity contribution in [1.82, 2.24) is 5.32 Å². The molecule has 0 aliphatic heterocycles. The van der Waals surface area contributed by atoms with Crippen molar-refractivity contribution >= 4 is 45.5 Å². The summed E-state index contributed by atoms with van der Waals surface area (Å²) >= 11 is 1.47. The van der Waals surface area contributed by atoms with Crippen LogP contribution in [0.25, 0.3) is 44.6 Å². The van der Waals surface area contributed by atoms with Crippen molar-refractivity contribution < 1.29 is 27.8 Å². The Morgan fingerprint density at radius 1 is 0.654 bits per heavy atom. The average molecular weight is 715 g/mol. The molecule has 5 aromatic carbocycles. The largest absolute Gasteiger partial charge is 0.491 e. The maximum absolute atomic E-state index is 12.6. The lowest BCUT2D eigenvalue weighted by atomic mass is 10.1. The molecule has 0 spiro atoms. The van der Waals surface area contributed by atoms with E-state index in [9.17, 15) is 14.4 Å². The van der Waals surface area contributed by atoms with Crippen LogP contribution in [0.1, 0.15) is 0 Å². The third kappa shape index (κ3) is 7.95. The molecule has 0 bridgehead atoms. The normalized spacial score (nSPS) is 10.6. The third-order valence-electron chi connectivity index (χ3n) is 7.85. The molecule has 0 aliphatic carbocycles. The first-order valence-corrected chi connectivity index (χ1v) is 16.9. The zero-order valence-corrected chi connectivity index (χ0v) is 29.3. The average Bonchev–Trinajstić information content (AvgIpc) is 3.19. The van der Waals surface area contributed by atoms with Crippen LogP contribution >= 0.6 is 11.9 Å². The van der Waals surface area contributed by atoms with Crippen LogP contribution in [-0.4, -0.2) is 33.8 Å². The second kappa shape index (κ2) is 16.5. The van der Waals surface area contributed by atoms with E-state index in [1.807, 2.05) is 97.1 Å². The number of hydrogen-bond acceptors (Lipinski definition) is 10. The molecule has 0 atom stereocenters. The van der Waals surface area contributed by atoms with Gasteiger partial charge in [0.1, 0.15) is 11.5 Å². The summed E-state index contributed by atoms with van der Waals surface area (Å²) in [5.41, 5.74) is 2.79. The number of hydrogen-bond donors (Lipinski definition) is 2. The Balaban J connectivity index is 0.000000179. The summed E-state index contributed by atoms with van der Waals surface area (Å²) in [6.07, 6.45) is 0. The standard InChI is InChI=1S/C22H17NO3S.C19H17NO5/c1-25-22-18(23-27-16-10-6-3-7-11-16)13-12-17-19(24)14-20(26-21(17)22)15-8-4-2-5-9-15;1-20-17(22)11-24-15-9-8-13-14(21)10-16(12-6-4-3-5-7-12)25-18(13)19(15)23-2/h2-14,23H,1H3;3-10H,11H2,1-2H3,(H,20,22). The number of carbonyl (C=O) groups excluding carboxylic acids is 1. The van der Waals surface area contributed by atoms with Crippen LogP contribution in [-0.2, 0) is 4.79 Å². The number of methoxy groups -OCH3 is 2. The predicted molar refractivity (Wildman–Crippen MR) is 204 cm³/mol. The quantitative estimate of drug-likeness (QED) is 0.134. The topological polar surface area (TPSA) is 129 Å². The van der Waals surface area contributed by atoms with Gasteiger partial charge in [-0.2, -0.15) is 0 Å². The second-order valence-electron chi connectivity index (χ2n) is 11.2. The summed E-state index contributed by atoms with van der Waals surface area (Å²) in [5, 5.41) is 3.34. The summed E-state index contributed by atoms with van der Waals surface area (Å²) in [5.74, 6) is 1.77. The lowest BCUT2D eigenvalue weighted by molar-refractivity contribution is -0.122. The Labute approximate surface area is 303 Å². The second-order valence-corrected chi connectivity index (χ2v) is 12.0. The highest BCUT2D eigenvalue weighted by atomic mass is 32.2. The maximum Gasteiger partial charge on any atom is 0.257 e. The molecule has 2 aromatic heterocycles. The molecule has 0 unspecified atom stereocenters. The van der Waals surface area contributed by atoms with Crippen LogP contribution < -0.4 is 35.1 Å². The molecule has 0 saturated carbocycles. The molecule has 7 aromatic rings. The molecule has 0 aliphatic rings. The van der Waals surface area contributed by atoms with E-state index < -0.39 is 0 Å². The summed E-state index contributed by atoms with van der Waals surface area (Å²) < 4.78 is 31.7. The fraction of sp³-hybridized carbons (Fsp3) is 0.0976. The first-order valence-electron chi connectivity index (χ1n) is 16.1. The van der Waals surface area contributed by atoms with E-state index in [4.69, 9.17) is 23.0 Å². The number of amides is 1. The molecule has 0 saturated heterocycles. The van der Waals surface area contributed by atoms with Crippen LogP contribution in [0.15, 0.2) is 151 Å². The Bertz CT molecular complexity index is 2430. The predicted octanol–water partition coefficient (Wildman–Crippen LogP) is 8.18. The van der Waals surface area contributed by atoms with Crippen molar-refractivity contribution in [3.05, 3.63) is 148 Å². The van der Waals surface area contributed by atoms with Crippen LogP contribution in [0, 0.1) is 0 Å². The van der Waals surface area contributed by atoms with E-state index in [-0.39, 0.29) is 34.7 Å². The number of nitrogens with one attached hydrogen (secondary N) is 2. The van der Waals surface area contributed by atoms with Gasteiger partial charge in [0.25, 0.3) is 5.91 Å². The van der Waals surface area contributed by atoms with Crippen LogP contribution in [0.3, 0.4) is 0 Å². The molecule has 2 N–H and O–H groups in total. The minimum atomic E-state index is -0.276. The monoisotopic (exact) mass is 714 g/mol. The summed E-state index contributed by atoms with van der Waals surface area (Å²) in [7, 11) is 4.55. The summed E-state index contributed by atoms with van der Waals surface area (Å²) in [6, 6.07) is 38.5. The fourth-order valence-corrected chi connectivity index (χ4v) is 5.95. The molecule has 52 heavy (non-hydrogen) atoms. The lowest BCUT2D eigenvalue weighted by Gasteiger charge is -2.13. The molecule has 262 valence electrons. The molecule has 1 amide bonds. The van der Waals surface area contributed by atoms with Gasteiger partial charge in [-0.25, -0.2) is 0 Å². The minimum absolute atomic E-state index is 0.101.